The highest BCUT2D eigenvalue weighted by Gasteiger charge is 2.33. The summed E-state index contributed by atoms with van der Waals surface area (Å²) in [4.78, 5) is 2.77. The molecule has 0 spiro atoms. The number of fused-ring (bicyclic) bond motifs is 1. The highest BCUT2D eigenvalue weighted by atomic mass is 15.2. The van der Waals surface area contributed by atoms with Gasteiger partial charge in [-0.25, -0.2) is 0 Å². The number of rotatable bonds is 2. The van der Waals surface area contributed by atoms with Crippen molar-refractivity contribution in [3.05, 3.63) is 34.9 Å². The molecule has 1 aliphatic carbocycles. The van der Waals surface area contributed by atoms with Gasteiger partial charge >= 0.3 is 0 Å². The Morgan fingerprint density at radius 2 is 1.95 bits per heavy atom. The van der Waals surface area contributed by atoms with Crippen LogP contribution in [0.25, 0.3) is 0 Å². The summed E-state index contributed by atoms with van der Waals surface area (Å²) >= 11 is 0. The van der Waals surface area contributed by atoms with Crippen LogP contribution in [0.5, 0.6) is 0 Å². The summed E-state index contributed by atoms with van der Waals surface area (Å²) < 4.78 is 0. The van der Waals surface area contributed by atoms with Gasteiger partial charge in [-0.15, -0.1) is 0 Å². The lowest BCUT2D eigenvalue weighted by Crippen LogP contribution is -2.41. The molecule has 0 radical (unpaired) electrons. The van der Waals surface area contributed by atoms with E-state index >= 15 is 0 Å². The number of nitrogens with one attached hydrogen (secondary N) is 1. The van der Waals surface area contributed by atoms with Crippen molar-refractivity contribution >= 4 is 0 Å². The van der Waals surface area contributed by atoms with Crippen LogP contribution in [0.4, 0.5) is 0 Å². The monoisotopic (exact) mass is 284 g/mol. The van der Waals surface area contributed by atoms with Gasteiger partial charge in [-0.1, -0.05) is 23.8 Å². The molecule has 0 aromatic heterocycles. The van der Waals surface area contributed by atoms with E-state index in [4.69, 9.17) is 0 Å². The van der Waals surface area contributed by atoms with Crippen LogP contribution in [0.1, 0.15) is 54.8 Å². The van der Waals surface area contributed by atoms with E-state index in [1.54, 1.807) is 11.1 Å². The molecule has 0 amide bonds. The van der Waals surface area contributed by atoms with Gasteiger partial charge in [0.1, 0.15) is 0 Å². The first-order valence-corrected chi connectivity index (χ1v) is 8.88. The van der Waals surface area contributed by atoms with E-state index in [9.17, 15) is 0 Å². The Morgan fingerprint density at radius 1 is 1.10 bits per heavy atom. The van der Waals surface area contributed by atoms with Gasteiger partial charge in [-0.05, 0) is 82.1 Å². The average molecular weight is 284 g/mol. The molecule has 4 rings (SSSR count). The average Bonchev–Trinajstić information content (AvgIpc) is 3.16. The van der Waals surface area contributed by atoms with Crippen LogP contribution in [0.15, 0.2) is 18.2 Å². The first-order valence-electron chi connectivity index (χ1n) is 8.88. The third-order valence-electron chi connectivity index (χ3n) is 6.03. The molecule has 1 aromatic carbocycles. The maximum atomic E-state index is 3.72. The quantitative estimate of drug-likeness (QED) is 0.895. The number of nitrogens with zero attached hydrogens (tertiary/aromatic N) is 1. The second-order valence-corrected chi connectivity index (χ2v) is 7.33. The van der Waals surface area contributed by atoms with E-state index in [0.29, 0.717) is 6.04 Å². The summed E-state index contributed by atoms with van der Waals surface area (Å²) in [5.41, 5.74) is 4.66. The van der Waals surface area contributed by atoms with Crippen molar-refractivity contribution in [3.63, 3.8) is 0 Å². The summed E-state index contributed by atoms with van der Waals surface area (Å²) in [5, 5.41) is 3.72. The maximum Gasteiger partial charge on any atom is 0.0354 e. The lowest BCUT2D eigenvalue weighted by molar-refractivity contribution is 0.119. The Morgan fingerprint density at radius 3 is 2.71 bits per heavy atom. The number of hydrogen-bond acceptors (Lipinski definition) is 2. The second-order valence-electron chi connectivity index (χ2n) is 7.33. The molecule has 2 heterocycles. The molecule has 2 nitrogen and oxygen atoms in total. The minimum Gasteiger partial charge on any atom is -0.314 e. The number of likely N-dealkylation sites (tertiary alicyclic amines) is 1. The number of piperidine rings is 1. The predicted octanol–water partition coefficient (Wildman–Crippen LogP) is 3.45. The molecule has 0 saturated carbocycles. The van der Waals surface area contributed by atoms with E-state index in [1.165, 1.54) is 63.7 Å². The highest BCUT2D eigenvalue weighted by Crippen LogP contribution is 2.39. The summed E-state index contributed by atoms with van der Waals surface area (Å²) in [6.07, 6.45) is 8.22. The lowest BCUT2D eigenvalue weighted by Gasteiger charge is -2.38. The fourth-order valence-corrected chi connectivity index (χ4v) is 4.83. The van der Waals surface area contributed by atoms with Crippen LogP contribution in [-0.2, 0) is 6.42 Å². The highest BCUT2D eigenvalue weighted by molar-refractivity contribution is 5.37. The fraction of sp³-hybridized carbons (Fsp3) is 0.684. The lowest BCUT2D eigenvalue weighted by atomic mass is 9.87. The van der Waals surface area contributed by atoms with E-state index < -0.39 is 0 Å². The van der Waals surface area contributed by atoms with Gasteiger partial charge in [-0.3, -0.25) is 4.90 Å². The Kier molecular flexibility index (Phi) is 3.76. The largest absolute Gasteiger partial charge is 0.314 e. The van der Waals surface area contributed by atoms with Crippen molar-refractivity contribution in [1.82, 2.24) is 10.2 Å². The zero-order chi connectivity index (χ0) is 14.2. The van der Waals surface area contributed by atoms with Crippen LogP contribution in [-0.4, -0.2) is 30.6 Å². The fourth-order valence-electron chi connectivity index (χ4n) is 4.83. The van der Waals surface area contributed by atoms with Gasteiger partial charge in [0, 0.05) is 12.1 Å². The molecule has 2 fully saturated rings. The molecule has 2 atom stereocenters. The van der Waals surface area contributed by atoms with E-state index in [2.05, 4.69) is 35.3 Å². The van der Waals surface area contributed by atoms with Crippen molar-refractivity contribution in [2.75, 3.05) is 19.6 Å². The van der Waals surface area contributed by atoms with Gasteiger partial charge in [0.25, 0.3) is 0 Å². The third-order valence-corrected chi connectivity index (χ3v) is 6.03. The maximum absolute atomic E-state index is 3.72. The Labute approximate surface area is 128 Å². The first kappa shape index (κ1) is 13.8. The zero-order valence-electron chi connectivity index (χ0n) is 13.3. The van der Waals surface area contributed by atoms with Crippen molar-refractivity contribution < 1.29 is 0 Å². The van der Waals surface area contributed by atoms with Crippen molar-refractivity contribution in [3.8, 4) is 0 Å². The minimum absolute atomic E-state index is 0.706. The Balaban J connectivity index is 1.42. The molecule has 1 N–H and O–H groups in total. The minimum atomic E-state index is 0.706. The van der Waals surface area contributed by atoms with Crippen molar-refractivity contribution in [2.24, 2.45) is 5.92 Å². The predicted molar refractivity (Wildman–Crippen MR) is 87.6 cm³/mol. The zero-order valence-corrected chi connectivity index (χ0v) is 13.3. The number of benzene rings is 1. The Bertz CT molecular complexity index is 496. The summed E-state index contributed by atoms with van der Waals surface area (Å²) in [6.45, 7) is 6.09. The normalized spacial score (nSPS) is 30.7. The van der Waals surface area contributed by atoms with Crippen LogP contribution in [0.3, 0.4) is 0 Å². The molecule has 1 aromatic rings. The van der Waals surface area contributed by atoms with Crippen LogP contribution in [0, 0.1) is 12.8 Å². The molecule has 2 aliphatic heterocycles. The van der Waals surface area contributed by atoms with Gasteiger partial charge in [0.05, 0.1) is 0 Å². The summed E-state index contributed by atoms with van der Waals surface area (Å²) in [7, 11) is 0. The molecule has 2 heteroatoms. The van der Waals surface area contributed by atoms with Crippen LogP contribution in [0.2, 0.25) is 0 Å². The van der Waals surface area contributed by atoms with Crippen LogP contribution < -0.4 is 5.32 Å². The van der Waals surface area contributed by atoms with Crippen molar-refractivity contribution in [1.29, 1.82) is 0 Å². The molecule has 3 aliphatic rings. The topological polar surface area (TPSA) is 15.3 Å². The van der Waals surface area contributed by atoms with Gasteiger partial charge in [0.15, 0.2) is 0 Å². The Hall–Kier alpha value is -0.860. The molecule has 0 bridgehead atoms. The number of hydrogen-bond donors (Lipinski definition) is 1. The third kappa shape index (κ3) is 2.64. The second kappa shape index (κ2) is 5.73. The van der Waals surface area contributed by atoms with Crippen molar-refractivity contribution in [2.45, 2.75) is 57.5 Å². The van der Waals surface area contributed by atoms with E-state index in [0.717, 1.165) is 12.0 Å². The molecular weight excluding hydrogens is 256 g/mol. The van der Waals surface area contributed by atoms with Gasteiger partial charge < -0.3 is 5.32 Å². The van der Waals surface area contributed by atoms with Gasteiger partial charge in [-0.2, -0.15) is 0 Å². The first-order chi connectivity index (χ1) is 10.3. The SMILES string of the molecule is Cc1ccc2c(c1)C(N1CCC(C3CCCN3)CC1)CC2. The van der Waals surface area contributed by atoms with E-state index in [1.807, 2.05) is 0 Å². The molecule has 114 valence electrons. The molecule has 2 unspecified atom stereocenters. The summed E-state index contributed by atoms with van der Waals surface area (Å²) in [5.74, 6) is 0.933. The summed E-state index contributed by atoms with van der Waals surface area (Å²) in [6, 6.07) is 8.61. The molecule has 21 heavy (non-hydrogen) atoms. The molecule has 2 saturated heterocycles. The van der Waals surface area contributed by atoms with Crippen LogP contribution >= 0.6 is 0 Å². The molecular formula is C19H28N2. The van der Waals surface area contributed by atoms with Gasteiger partial charge in [0.2, 0.25) is 0 Å². The standard InChI is InChI=1S/C19H28N2/c1-14-4-5-15-6-7-19(17(15)13-14)21-11-8-16(9-12-21)18-3-2-10-20-18/h4-5,13,16,18-20H,2-3,6-12H2,1H3. The van der Waals surface area contributed by atoms with E-state index in [-0.39, 0.29) is 0 Å². The smallest absolute Gasteiger partial charge is 0.0354 e. The number of aryl methyl sites for hydroxylation is 2.